The number of hydrogen-bond acceptors (Lipinski definition) is 6. The van der Waals surface area contributed by atoms with Gasteiger partial charge in [0.25, 0.3) is 0 Å². The zero-order chi connectivity index (χ0) is 17.1. The van der Waals surface area contributed by atoms with Crippen molar-refractivity contribution in [3.63, 3.8) is 0 Å². The van der Waals surface area contributed by atoms with E-state index in [1.807, 2.05) is 26.2 Å². The molecule has 0 saturated carbocycles. The molecule has 24 heavy (non-hydrogen) atoms. The minimum absolute atomic E-state index is 0.0567. The number of aryl methyl sites for hydroxylation is 1. The summed E-state index contributed by atoms with van der Waals surface area (Å²) in [7, 11) is 1.88. The summed E-state index contributed by atoms with van der Waals surface area (Å²) in [4.78, 5) is 11.7. The number of aromatic nitrogens is 4. The quantitative estimate of drug-likeness (QED) is 0.906. The van der Waals surface area contributed by atoms with Crippen molar-refractivity contribution in [3.8, 4) is 0 Å². The van der Waals surface area contributed by atoms with Crippen molar-refractivity contribution in [1.82, 2.24) is 24.6 Å². The van der Waals surface area contributed by atoms with Crippen molar-refractivity contribution < 1.29 is 4.74 Å². The van der Waals surface area contributed by atoms with Crippen molar-refractivity contribution in [1.29, 1.82) is 0 Å². The smallest absolute Gasteiger partial charge is 0.150 e. The van der Waals surface area contributed by atoms with Crippen molar-refractivity contribution in [3.05, 3.63) is 35.5 Å². The van der Waals surface area contributed by atoms with E-state index in [0.717, 1.165) is 37.0 Å². The fraction of sp³-hybridized carbons (Fsp3) is 0.588. The summed E-state index contributed by atoms with van der Waals surface area (Å²) >= 11 is 0. The third-order valence-electron chi connectivity index (χ3n) is 4.27. The van der Waals surface area contributed by atoms with Crippen LogP contribution in [0.15, 0.2) is 18.3 Å². The van der Waals surface area contributed by atoms with E-state index in [2.05, 4.69) is 49.9 Å². The molecule has 0 amide bonds. The average molecular weight is 330 g/mol. The normalized spacial score (nSPS) is 19.0. The zero-order valence-corrected chi connectivity index (χ0v) is 14.9. The summed E-state index contributed by atoms with van der Waals surface area (Å²) < 4.78 is 7.78. The molecule has 1 fully saturated rings. The van der Waals surface area contributed by atoms with E-state index in [-0.39, 0.29) is 6.04 Å². The molecule has 0 unspecified atom stereocenters. The zero-order valence-electron chi connectivity index (χ0n) is 14.9. The molecule has 1 aliphatic heterocycles. The van der Waals surface area contributed by atoms with E-state index in [4.69, 9.17) is 4.74 Å². The third-order valence-corrected chi connectivity index (χ3v) is 4.27. The number of nitrogens with one attached hydrogen (secondary N) is 1. The van der Waals surface area contributed by atoms with Crippen molar-refractivity contribution in [2.45, 2.75) is 39.4 Å². The molecule has 0 aromatic carbocycles. The molecule has 130 valence electrons. The molecule has 2 aromatic heterocycles. The first-order valence-corrected chi connectivity index (χ1v) is 8.46. The van der Waals surface area contributed by atoms with Gasteiger partial charge in [0, 0.05) is 44.1 Å². The lowest BCUT2D eigenvalue weighted by Gasteiger charge is -2.34. The second kappa shape index (κ2) is 7.27. The summed E-state index contributed by atoms with van der Waals surface area (Å²) in [5, 5.41) is 7.55. The number of nitrogens with zero attached hydrogens (tertiary/aromatic N) is 5. The molecule has 7 heteroatoms. The lowest BCUT2D eigenvalue weighted by molar-refractivity contribution is -0.0171. The topological polar surface area (TPSA) is 68.1 Å². The maximum absolute atomic E-state index is 5.71. The van der Waals surface area contributed by atoms with Crippen LogP contribution in [-0.4, -0.2) is 51.5 Å². The van der Waals surface area contributed by atoms with Gasteiger partial charge in [-0.15, -0.1) is 0 Å². The lowest BCUT2D eigenvalue weighted by Crippen LogP contribution is -2.40. The molecule has 3 rings (SSSR count). The van der Waals surface area contributed by atoms with Gasteiger partial charge in [0.05, 0.1) is 24.9 Å². The van der Waals surface area contributed by atoms with Crippen molar-refractivity contribution in [2.24, 2.45) is 0 Å². The summed E-state index contributed by atoms with van der Waals surface area (Å²) in [5.41, 5.74) is 2.17. The molecule has 1 atom stereocenters. The second-order valence-corrected chi connectivity index (χ2v) is 6.42. The average Bonchev–Trinajstić information content (AvgIpc) is 3.03. The van der Waals surface area contributed by atoms with Crippen LogP contribution in [0.25, 0.3) is 0 Å². The van der Waals surface area contributed by atoms with Gasteiger partial charge in [-0.1, -0.05) is 0 Å². The first-order valence-electron chi connectivity index (χ1n) is 8.46. The molecule has 0 radical (unpaired) electrons. The minimum atomic E-state index is 0.0567. The van der Waals surface area contributed by atoms with Gasteiger partial charge in [-0.3, -0.25) is 9.58 Å². The fourth-order valence-electron chi connectivity index (χ4n) is 3.07. The molecule has 3 heterocycles. The minimum Gasteiger partial charge on any atom is -0.378 e. The van der Waals surface area contributed by atoms with Crippen LogP contribution in [0.1, 0.15) is 43.1 Å². The van der Waals surface area contributed by atoms with Crippen LogP contribution in [0.3, 0.4) is 0 Å². The highest BCUT2D eigenvalue weighted by Gasteiger charge is 2.28. The van der Waals surface area contributed by atoms with Crippen LogP contribution in [0.5, 0.6) is 0 Å². The molecule has 1 aliphatic rings. The Morgan fingerprint density at radius 2 is 2.21 bits per heavy atom. The highest BCUT2D eigenvalue weighted by Crippen LogP contribution is 2.25. The summed E-state index contributed by atoms with van der Waals surface area (Å²) in [6.07, 6.45) is 1.87. The summed E-state index contributed by atoms with van der Waals surface area (Å²) in [6, 6.07) is 4.44. The molecule has 1 saturated heterocycles. The summed E-state index contributed by atoms with van der Waals surface area (Å²) in [6.45, 7) is 9.32. The molecule has 0 bridgehead atoms. The van der Waals surface area contributed by atoms with Gasteiger partial charge in [0.2, 0.25) is 0 Å². The number of ether oxygens (including phenoxy) is 1. The highest BCUT2D eigenvalue weighted by atomic mass is 16.5. The van der Waals surface area contributed by atoms with E-state index in [0.29, 0.717) is 12.6 Å². The van der Waals surface area contributed by atoms with Crippen LogP contribution < -0.4 is 5.32 Å². The van der Waals surface area contributed by atoms with Crippen molar-refractivity contribution >= 4 is 5.82 Å². The molecule has 1 N–H and O–H groups in total. The van der Waals surface area contributed by atoms with Gasteiger partial charge >= 0.3 is 0 Å². The second-order valence-electron chi connectivity index (χ2n) is 6.42. The Balaban J connectivity index is 1.86. The van der Waals surface area contributed by atoms with Gasteiger partial charge in [-0.2, -0.15) is 5.10 Å². The van der Waals surface area contributed by atoms with Crippen LogP contribution in [0.2, 0.25) is 0 Å². The monoisotopic (exact) mass is 330 g/mol. The maximum Gasteiger partial charge on any atom is 0.150 e. The first-order chi connectivity index (χ1) is 11.6. The predicted octanol–water partition coefficient (Wildman–Crippen LogP) is 2.18. The van der Waals surface area contributed by atoms with E-state index in [9.17, 15) is 0 Å². The molecular formula is C17H26N6O. The van der Waals surface area contributed by atoms with Gasteiger partial charge in [0.15, 0.2) is 0 Å². The van der Waals surface area contributed by atoms with Crippen LogP contribution in [-0.2, 0) is 11.3 Å². The Hall–Kier alpha value is -1.99. The van der Waals surface area contributed by atoms with E-state index in [1.54, 1.807) is 0 Å². The van der Waals surface area contributed by atoms with Crippen LogP contribution >= 0.6 is 0 Å². The molecule has 7 nitrogen and oxygen atoms in total. The fourth-order valence-corrected chi connectivity index (χ4v) is 3.07. The largest absolute Gasteiger partial charge is 0.378 e. The highest BCUT2D eigenvalue weighted by molar-refractivity contribution is 5.35. The molecular weight excluding hydrogens is 304 g/mol. The van der Waals surface area contributed by atoms with E-state index in [1.165, 1.54) is 5.69 Å². The SMILES string of the molecule is CNc1cc(C)nc([C@H]2COCCN2Cc2ccnn2C(C)C)n1. The van der Waals surface area contributed by atoms with E-state index >= 15 is 0 Å². The first kappa shape index (κ1) is 16.9. The van der Waals surface area contributed by atoms with Gasteiger partial charge < -0.3 is 10.1 Å². The van der Waals surface area contributed by atoms with Gasteiger partial charge in [-0.05, 0) is 26.8 Å². The number of rotatable bonds is 5. The Labute approximate surface area is 143 Å². The van der Waals surface area contributed by atoms with Crippen molar-refractivity contribution in [2.75, 3.05) is 32.1 Å². The number of hydrogen-bond donors (Lipinski definition) is 1. The molecule has 0 spiro atoms. The lowest BCUT2D eigenvalue weighted by atomic mass is 10.2. The predicted molar refractivity (Wildman–Crippen MR) is 92.9 cm³/mol. The Bertz CT molecular complexity index is 683. The molecule has 2 aromatic rings. The Morgan fingerprint density at radius 1 is 1.38 bits per heavy atom. The van der Waals surface area contributed by atoms with Gasteiger partial charge in [-0.25, -0.2) is 9.97 Å². The van der Waals surface area contributed by atoms with E-state index < -0.39 is 0 Å². The van der Waals surface area contributed by atoms with Crippen LogP contribution in [0, 0.1) is 6.92 Å². The van der Waals surface area contributed by atoms with Crippen LogP contribution in [0.4, 0.5) is 5.82 Å². The summed E-state index contributed by atoms with van der Waals surface area (Å²) in [5.74, 6) is 1.66. The Morgan fingerprint density at radius 3 is 2.96 bits per heavy atom. The maximum atomic E-state index is 5.71. The Kier molecular flexibility index (Phi) is 5.11. The van der Waals surface area contributed by atoms with Gasteiger partial charge in [0.1, 0.15) is 11.6 Å². The third kappa shape index (κ3) is 3.57. The number of morpholine rings is 1. The standard InChI is InChI=1S/C17H26N6O/c1-12(2)23-14(5-6-19-23)10-22-7-8-24-11-15(22)17-20-13(3)9-16(18-4)21-17/h5-6,9,12,15H,7-8,10-11H2,1-4H3,(H,18,20,21)/t15-/m1/s1. The molecule has 0 aliphatic carbocycles. The number of anilines is 1.